The summed E-state index contributed by atoms with van der Waals surface area (Å²) in [5, 5.41) is 0. The first-order valence-electron chi connectivity index (χ1n) is 6.49. The highest BCUT2D eigenvalue weighted by molar-refractivity contribution is 5.80. The molecular weight excluding hydrogens is 245 g/mol. The molecule has 0 heterocycles. The van der Waals surface area contributed by atoms with Gasteiger partial charge in [-0.1, -0.05) is 6.42 Å². The first kappa shape index (κ1) is 13.6. The van der Waals surface area contributed by atoms with Gasteiger partial charge in [-0.05, 0) is 38.1 Å². The molecule has 0 radical (unpaired) electrons. The number of nitrogens with two attached hydrogens (primary N) is 1. The number of halogens is 3. The monoisotopic (exact) mass is 264 g/mol. The summed E-state index contributed by atoms with van der Waals surface area (Å²) in [6.45, 7) is -0.717. The number of nitrogens with zero attached hydrogens (tertiary/aromatic N) is 1. The van der Waals surface area contributed by atoms with Crippen LogP contribution in [0.15, 0.2) is 0 Å². The van der Waals surface area contributed by atoms with Crippen LogP contribution >= 0.6 is 0 Å². The summed E-state index contributed by atoms with van der Waals surface area (Å²) in [6, 6.07) is -0.196. The van der Waals surface area contributed by atoms with Crippen LogP contribution in [0.4, 0.5) is 13.2 Å². The number of alkyl halides is 3. The fourth-order valence-corrected chi connectivity index (χ4v) is 2.82. The fourth-order valence-electron chi connectivity index (χ4n) is 2.82. The first-order chi connectivity index (χ1) is 8.42. The van der Waals surface area contributed by atoms with Crippen LogP contribution in [-0.4, -0.2) is 36.1 Å². The summed E-state index contributed by atoms with van der Waals surface area (Å²) < 4.78 is 37.5. The molecular formula is C12H19F3N2O. The Labute approximate surface area is 104 Å². The van der Waals surface area contributed by atoms with E-state index in [0.29, 0.717) is 25.8 Å². The lowest BCUT2D eigenvalue weighted by Crippen LogP contribution is -2.45. The third-order valence-corrected chi connectivity index (χ3v) is 3.90. The highest BCUT2D eigenvalue weighted by Gasteiger charge is 2.44. The SMILES string of the molecule is NCC1CCCC1C(=O)N(CC(F)(F)F)C1CC1. The van der Waals surface area contributed by atoms with E-state index in [1.807, 2.05) is 0 Å². The first-order valence-corrected chi connectivity index (χ1v) is 6.49. The van der Waals surface area contributed by atoms with Crippen molar-refractivity contribution in [2.75, 3.05) is 13.1 Å². The Bertz CT molecular complexity index is 315. The molecule has 2 unspecified atom stereocenters. The standard InChI is InChI=1S/C12H19F3N2O/c13-12(14,15)7-17(9-4-5-9)11(18)10-3-1-2-8(10)6-16/h8-10H,1-7,16H2. The molecule has 2 N–H and O–H groups in total. The molecule has 0 aromatic rings. The average Bonchev–Trinajstić information content (AvgIpc) is 3.01. The average molecular weight is 264 g/mol. The molecule has 0 aromatic carbocycles. The van der Waals surface area contributed by atoms with Gasteiger partial charge in [0.2, 0.25) is 5.91 Å². The number of hydrogen-bond acceptors (Lipinski definition) is 2. The van der Waals surface area contributed by atoms with E-state index in [9.17, 15) is 18.0 Å². The lowest BCUT2D eigenvalue weighted by molar-refractivity contribution is -0.165. The van der Waals surface area contributed by atoms with Crippen LogP contribution in [0.2, 0.25) is 0 Å². The third-order valence-electron chi connectivity index (χ3n) is 3.90. The van der Waals surface area contributed by atoms with Crippen LogP contribution in [0.3, 0.4) is 0 Å². The van der Waals surface area contributed by atoms with Crippen molar-refractivity contribution in [2.45, 2.75) is 44.3 Å². The van der Waals surface area contributed by atoms with Gasteiger partial charge in [0.1, 0.15) is 6.54 Å². The van der Waals surface area contributed by atoms with E-state index in [2.05, 4.69) is 0 Å². The maximum atomic E-state index is 12.5. The number of carbonyl (C=O) groups excluding carboxylic acids is 1. The summed E-state index contributed by atoms with van der Waals surface area (Å²) in [7, 11) is 0. The van der Waals surface area contributed by atoms with Gasteiger partial charge in [0.15, 0.2) is 0 Å². The van der Waals surface area contributed by atoms with E-state index in [0.717, 1.165) is 17.7 Å². The van der Waals surface area contributed by atoms with Crippen molar-refractivity contribution in [1.29, 1.82) is 0 Å². The van der Waals surface area contributed by atoms with Gasteiger partial charge >= 0.3 is 6.18 Å². The second kappa shape index (κ2) is 5.07. The Balaban J connectivity index is 2.03. The molecule has 6 heteroatoms. The normalized spacial score (nSPS) is 28.4. The van der Waals surface area contributed by atoms with Gasteiger partial charge in [0, 0.05) is 12.0 Å². The Kier molecular flexibility index (Phi) is 3.84. The van der Waals surface area contributed by atoms with Crippen LogP contribution in [0, 0.1) is 11.8 Å². The third kappa shape index (κ3) is 3.16. The highest BCUT2D eigenvalue weighted by Crippen LogP contribution is 2.37. The quantitative estimate of drug-likeness (QED) is 0.843. The lowest BCUT2D eigenvalue weighted by atomic mass is 9.94. The molecule has 104 valence electrons. The predicted molar refractivity (Wildman–Crippen MR) is 60.7 cm³/mol. The molecule has 0 bridgehead atoms. The van der Waals surface area contributed by atoms with Crippen LogP contribution in [0.25, 0.3) is 0 Å². The van der Waals surface area contributed by atoms with Crippen molar-refractivity contribution in [3.05, 3.63) is 0 Å². The fraction of sp³-hybridized carbons (Fsp3) is 0.917. The highest BCUT2D eigenvalue weighted by atomic mass is 19.4. The Morgan fingerprint density at radius 3 is 2.39 bits per heavy atom. The zero-order valence-electron chi connectivity index (χ0n) is 10.2. The molecule has 0 aliphatic heterocycles. The van der Waals surface area contributed by atoms with Crippen LogP contribution in [0.5, 0.6) is 0 Å². The molecule has 2 fully saturated rings. The van der Waals surface area contributed by atoms with Gasteiger partial charge < -0.3 is 10.6 Å². The summed E-state index contributed by atoms with van der Waals surface area (Å²) >= 11 is 0. The molecule has 18 heavy (non-hydrogen) atoms. The molecule has 2 aliphatic rings. The second-order valence-corrected chi connectivity index (χ2v) is 5.35. The van der Waals surface area contributed by atoms with Gasteiger partial charge in [-0.15, -0.1) is 0 Å². The molecule has 0 saturated heterocycles. The number of amides is 1. The lowest BCUT2D eigenvalue weighted by Gasteiger charge is -2.28. The number of rotatable bonds is 4. The summed E-state index contributed by atoms with van der Waals surface area (Å²) in [5.41, 5.74) is 5.59. The molecule has 0 spiro atoms. The second-order valence-electron chi connectivity index (χ2n) is 5.35. The maximum Gasteiger partial charge on any atom is 0.406 e. The van der Waals surface area contributed by atoms with E-state index < -0.39 is 12.7 Å². The van der Waals surface area contributed by atoms with Gasteiger partial charge in [-0.2, -0.15) is 13.2 Å². The zero-order valence-corrected chi connectivity index (χ0v) is 10.2. The van der Waals surface area contributed by atoms with Crippen LogP contribution in [0.1, 0.15) is 32.1 Å². The smallest absolute Gasteiger partial charge is 0.330 e. The van der Waals surface area contributed by atoms with E-state index >= 15 is 0 Å². The van der Waals surface area contributed by atoms with E-state index in [1.54, 1.807) is 0 Å². The van der Waals surface area contributed by atoms with Crippen molar-refractivity contribution >= 4 is 5.91 Å². The topological polar surface area (TPSA) is 46.3 Å². The Morgan fingerprint density at radius 2 is 1.89 bits per heavy atom. The van der Waals surface area contributed by atoms with Crippen molar-refractivity contribution in [3.8, 4) is 0 Å². The minimum Gasteiger partial charge on any atom is -0.330 e. The summed E-state index contributed by atoms with van der Waals surface area (Å²) in [4.78, 5) is 13.3. The zero-order chi connectivity index (χ0) is 13.3. The van der Waals surface area contributed by atoms with Crippen molar-refractivity contribution in [3.63, 3.8) is 0 Å². The Hall–Kier alpha value is -0.780. The van der Waals surface area contributed by atoms with E-state index in [1.165, 1.54) is 0 Å². The molecule has 2 rings (SSSR count). The Morgan fingerprint density at radius 1 is 1.22 bits per heavy atom. The van der Waals surface area contributed by atoms with E-state index in [-0.39, 0.29) is 23.8 Å². The van der Waals surface area contributed by atoms with Crippen molar-refractivity contribution < 1.29 is 18.0 Å². The molecule has 0 aromatic heterocycles. The van der Waals surface area contributed by atoms with E-state index in [4.69, 9.17) is 5.73 Å². The van der Waals surface area contributed by atoms with Crippen molar-refractivity contribution in [2.24, 2.45) is 17.6 Å². The van der Waals surface area contributed by atoms with Gasteiger partial charge in [-0.3, -0.25) is 4.79 Å². The molecule has 2 saturated carbocycles. The summed E-state index contributed by atoms with van der Waals surface area (Å²) in [5.74, 6) is -0.562. The summed E-state index contributed by atoms with van der Waals surface area (Å²) in [6.07, 6.45) is -0.485. The number of carbonyl (C=O) groups is 1. The predicted octanol–water partition coefficient (Wildman–Crippen LogP) is 1.91. The van der Waals surface area contributed by atoms with Crippen LogP contribution in [-0.2, 0) is 4.79 Å². The minimum atomic E-state index is -4.31. The van der Waals surface area contributed by atoms with Gasteiger partial charge in [0.05, 0.1) is 0 Å². The molecule has 2 aliphatic carbocycles. The van der Waals surface area contributed by atoms with Crippen molar-refractivity contribution in [1.82, 2.24) is 4.90 Å². The minimum absolute atomic E-state index is 0.0620. The molecule has 1 amide bonds. The largest absolute Gasteiger partial charge is 0.406 e. The molecule has 3 nitrogen and oxygen atoms in total. The number of hydrogen-bond donors (Lipinski definition) is 1. The van der Waals surface area contributed by atoms with Gasteiger partial charge in [0.25, 0.3) is 0 Å². The van der Waals surface area contributed by atoms with Crippen LogP contribution < -0.4 is 5.73 Å². The maximum absolute atomic E-state index is 12.5. The van der Waals surface area contributed by atoms with Gasteiger partial charge in [-0.25, -0.2) is 0 Å². The molecule has 2 atom stereocenters.